The van der Waals surface area contributed by atoms with Gasteiger partial charge in [-0.2, -0.15) is 0 Å². The molecule has 0 radical (unpaired) electrons. The number of ketones is 1. The Morgan fingerprint density at radius 1 is 0.759 bits per heavy atom. The molecule has 29 heavy (non-hydrogen) atoms. The summed E-state index contributed by atoms with van der Waals surface area (Å²) in [5.41, 5.74) is 2.36. The van der Waals surface area contributed by atoms with Gasteiger partial charge in [0.25, 0.3) is 5.91 Å². The number of anilines is 2. The minimum atomic E-state index is -0.262. The van der Waals surface area contributed by atoms with Crippen LogP contribution in [0.15, 0.2) is 83.8 Å². The van der Waals surface area contributed by atoms with E-state index < -0.39 is 0 Å². The molecule has 2 amide bonds. The summed E-state index contributed by atoms with van der Waals surface area (Å²) >= 11 is 1.39. The number of Topliss-reactive ketones (excluding diaryl/α,β-unsaturated/α-hetero) is 1. The van der Waals surface area contributed by atoms with Gasteiger partial charge in [0.1, 0.15) is 0 Å². The molecular weight excluding hydrogens is 384 g/mol. The minimum absolute atomic E-state index is 0.0419. The van der Waals surface area contributed by atoms with Crippen molar-refractivity contribution in [1.82, 2.24) is 0 Å². The van der Waals surface area contributed by atoms with Gasteiger partial charge in [0.2, 0.25) is 5.91 Å². The first-order valence-corrected chi connectivity index (χ1v) is 10.00. The van der Waals surface area contributed by atoms with Crippen molar-refractivity contribution < 1.29 is 14.4 Å². The molecule has 0 atom stereocenters. The Hall–Kier alpha value is -3.38. The fraction of sp³-hybridized carbons (Fsp3) is 0.0870. The van der Waals surface area contributed by atoms with Gasteiger partial charge in [-0.3, -0.25) is 14.4 Å². The summed E-state index contributed by atoms with van der Waals surface area (Å²) < 4.78 is 0. The van der Waals surface area contributed by atoms with E-state index in [1.165, 1.54) is 18.7 Å². The summed E-state index contributed by atoms with van der Waals surface area (Å²) in [4.78, 5) is 36.9. The van der Waals surface area contributed by atoms with Gasteiger partial charge >= 0.3 is 0 Å². The molecule has 0 bridgehead atoms. The van der Waals surface area contributed by atoms with Crippen LogP contribution in [-0.4, -0.2) is 23.4 Å². The SMILES string of the molecule is CC(=O)Nc1cccc(NC(=O)c2cccc(SCC(=O)c3ccccc3)c2)c1. The van der Waals surface area contributed by atoms with Crippen molar-refractivity contribution in [1.29, 1.82) is 0 Å². The Bertz CT molecular complexity index is 1040. The van der Waals surface area contributed by atoms with Crippen molar-refractivity contribution in [3.05, 3.63) is 90.0 Å². The molecule has 5 nitrogen and oxygen atoms in total. The largest absolute Gasteiger partial charge is 0.326 e. The predicted octanol–water partition coefficient (Wildman–Crippen LogP) is 4.87. The average molecular weight is 404 g/mol. The molecule has 3 aromatic carbocycles. The Labute approximate surface area is 173 Å². The second kappa shape index (κ2) is 9.71. The van der Waals surface area contributed by atoms with E-state index in [0.717, 1.165) is 4.90 Å². The minimum Gasteiger partial charge on any atom is -0.326 e. The first-order chi connectivity index (χ1) is 14.0. The fourth-order valence-electron chi connectivity index (χ4n) is 2.66. The van der Waals surface area contributed by atoms with Crippen molar-refractivity contribution in [2.24, 2.45) is 0 Å². The number of hydrogen-bond acceptors (Lipinski definition) is 4. The smallest absolute Gasteiger partial charge is 0.255 e. The van der Waals surface area contributed by atoms with Gasteiger partial charge in [-0.05, 0) is 36.4 Å². The maximum absolute atomic E-state index is 12.6. The van der Waals surface area contributed by atoms with E-state index in [2.05, 4.69) is 10.6 Å². The summed E-state index contributed by atoms with van der Waals surface area (Å²) in [5.74, 6) is -0.0984. The number of carbonyl (C=O) groups is 3. The zero-order valence-corrected chi connectivity index (χ0v) is 16.7. The van der Waals surface area contributed by atoms with Gasteiger partial charge in [0, 0.05) is 34.3 Å². The fourth-order valence-corrected chi connectivity index (χ4v) is 3.51. The van der Waals surface area contributed by atoms with Crippen molar-refractivity contribution in [3.8, 4) is 0 Å². The number of benzene rings is 3. The van der Waals surface area contributed by atoms with E-state index in [-0.39, 0.29) is 17.6 Å². The first kappa shape index (κ1) is 20.4. The highest BCUT2D eigenvalue weighted by Crippen LogP contribution is 2.22. The van der Waals surface area contributed by atoms with E-state index >= 15 is 0 Å². The van der Waals surface area contributed by atoms with Crippen LogP contribution in [0.2, 0.25) is 0 Å². The predicted molar refractivity (Wildman–Crippen MR) is 117 cm³/mol. The molecule has 146 valence electrons. The zero-order valence-electron chi connectivity index (χ0n) is 15.8. The van der Waals surface area contributed by atoms with Crippen LogP contribution in [0.3, 0.4) is 0 Å². The third-order valence-electron chi connectivity index (χ3n) is 4.00. The zero-order chi connectivity index (χ0) is 20.6. The van der Waals surface area contributed by atoms with Crippen LogP contribution in [0.25, 0.3) is 0 Å². The molecule has 0 aliphatic heterocycles. The lowest BCUT2D eigenvalue weighted by molar-refractivity contribution is -0.114. The van der Waals surface area contributed by atoms with Gasteiger partial charge in [-0.1, -0.05) is 42.5 Å². The Kier molecular flexibility index (Phi) is 6.81. The van der Waals surface area contributed by atoms with E-state index in [0.29, 0.717) is 28.3 Å². The van der Waals surface area contributed by atoms with Crippen molar-refractivity contribution >= 4 is 40.7 Å². The molecule has 0 fully saturated rings. The third kappa shape index (κ3) is 6.05. The highest BCUT2D eigenvalue weighted by atomic mass is 32.2. The van der Waals surface area contributed by atoms with Crippen LogP contribution in [-0.2, 0) is 4.79 Å². The molecule has 0 spiro atoms. The lowest BCUT2D eigenvalue weighted by Crippen LogP contribution is -2.12. The molecule has 6 heteroatoms. The van der Waals surface area contributed by atoms with Gasteiger partial charge in [0.15, 0.2) is 5.78 Å². The molecule has 0 heterocycles. The number of thioether (sulfide) groups is 1. The topological polar surface area (TPSA) is 75.3 Å². The highest BCUT2D eigenvalue weighted by Gasteiger charge is 2.10. The van der Waals surface area contributed by atoms with E-state index in [1.807, 2.05) is 24.3 Å². The van der Waals surface area contributed by atoms with Crippen LogP contribution in [0.5, 0.6) is 0 Å². The molecule has 0 saturated heterocycles. The molecule has 0 aliphatic carbocycles. The maximum Gasteiger partial charge on any atom is 0.255 e. The van der Waals surface area contributed by atoms with Crippen LogP contribution < -0.4 is 10.6 Å². The lowest BCUT2D eigenvalue weighted by atomic mass is 10.2. The molecule has 2 N–H and O–H groups in total. The lowest BCUT2D eigenvalue weighted by Gasteiger charge is -2.09. The van der Waals surface area contributed by atoms with Crippen LogP contribution >= 0.6 is 11.8 Å². The molecule has 0 saturated carbocycles. The summed E-state index contributed by atoms with van der Waals surface area (Å²) in [6, 6.07) is 23.2. The highest BCUT2D eigenvalue weighted by molar-refractivity contribution is 8.00. The van der Waals surface area contributed by atoms with E-state index in [9.17, 15) is 14.4 Å². The molecule has 3 aromatic rings. The number of rotatable bonds is 7. The second-order valence-corrected chi connectivity index (χ2v) is 7.37. The Balaban J connectivity index is 1.63. The molecular formula is C23H20N2O3S. The third-order valence-corrected chi connectivity index (χ3v) is 5.00. The Morgan fingerprint density at radius 2 is 1.41 bits per heavy atom. The van der Waals surface area contributed by atoms with Crippen molar-refractivity contribution in [2.45, 2.75) is 11.8 Å². The molecule has 3 rings (SSSR count). The quantitative estimate of drug-likeness (QED) is 0.435. The van der Waals surface area contributed by atoms with Crippen LogP contribution in [0, 0.1) is 0 Å². The van der Waals surface area contributed by atoms with Crippen LogP contribution in [0.1, 0.15) is 27.6 Å². The Morgan fingerprint density at radius 3 is 2.14 bits per heavy atom. The number of carbonyl (C=O) groups excluding carboxylic acids is 3. The summed E-state index contributed by atoms with van der Waals surface area (Å²) in [6.07, 6.45) is 0. The number of hydrogen-bond donors (Lipinski definition) is 2. The van der Waals surface area contributed by atoms with Crippen LogP contribution in [0.4, 0.5) is 11.4 Å². The van der Waals surface area contributed by atoms with Gasteiger partial charge < -0.3 is 10.6 Å². The average Bonchev–Trinajstić information content (AvgIpc) is 2.72. The van der Waals surface area contributed by atoms with Crippen molar-refractivity contribution in [2.75, 3.05) is 16.4 Å². The second-order valence-electron chi connectivity index (χ2n) is 6.32. The normalized spacial score (nSPS) is 10.2. The van der Waals surface area contributed by atoms with Crippen molar-refractivity contribution in [3.63, 3.8) is 0 Å². The van der Waals surface area contributed by atoms with E-state index in [1.54, 1.807) is 54.6 Å². The monoisotopic (exact) mass is 404 g/mol. The first-order valence-electron chi connectivity index (χ1n) is 9.01. The maximum atomic E-state index is 12.6. The summed E-state index contributed by atoms with van der Waals surface area (Å²) in [6.45, 7) is 1.43. The van der Waals surface area contributed by atoms with E-state index in [4.69, 9.17) is 0 Å². The van der Waals surface area contributed by atoms with Gasteiger partial charge in [-0.15, -0.1) is 11.8 Å². The summed E-state index contributed by atoms with van der Waals surface area (Å²) in [5, 5.41) is 5.51. The number of amides is 2. The molecule has 0 aromatic heterocycles. The summed E-state index contributed by atoms with van der Waals surface area (Å²) in [7, 11) is 0. The van der Waals surface area contributed by atoms with Gasteiger partial charge in [0.05, 0.1) is 5.75 Å². The molecule has 0 unspecified atom stereocenters. The molecule has 0 aliphatic rings. The number of nitrogens with one attached hydrogen (secondary N) is 2. The standard InChI is InChI=1S/C23H20N2O3S/c1-16(26)24-19-10-6-11-20(14-19)25-23(28)18-9-5-12-21(13-18)29-15-22(27)17-7-3-2-4-8-17/h2-14H,15H2,1H3,(H,24,26)(H,25,28). The van der Waals surface area contributed by atoms with Gasteiger partial charge in [-0.25, -0.2) is 0 Å².